The Morgan fingerprint density at radius 2 is 1.93 bits per heavy atom. The van der Waals surface area contributed by atoms with Crippen LogP contribution < -0.4 is 5.73 Å². The first-order valence-electron chi connectivity index (χ1n) is 4.96. The number of nitrogens with two attached hydrogens (primary N) is 1. The summed E-state index contributed by atoms with van der Waals surface area (Å²) in [5, 5.41) is 0. The topological polar surface area (TPSA) is 38.9 Å². The first kappa shape index (κ1) is 9.71. The zero-order valence-corrected chi connectivity index (χ0v) is 8.99. The van der Waals surface area contributed by atoms with Crippen molar-refractivity contribution in [3.63, 3.8) is 0 Å². The fourth-order valence-corrected chi connectivity index (χ4v) is 1.65. The maximum absolute atomic E-state index is 5.77. The number of nitrogen functional groups attached to an aromatic ring is 1. The summed E-state index contributed by atoms with van der Waals surface area (Å²) in [5.41, 5.74) is 11.1. The minimum absolute atomic E-state index is 0.793. The molecule has 2 rings (SSSR count). The molecule has 0 unspecified atom stereocenters. The second-order valence-corrected chi connectivity index (χ2v) is 3.77. The summed E-state index contributed by atoms with van der Waals surface area (Å²) in [7, 11) is 0. The van der Waals surface area contributed by atoms with Crippen LogP contribution in [-0.2, 0) is 0 Å². The van der Waals surface area contributed by atoms with Gasteiger partial charge in [0.1, 0.15) is 0 Å². The molecule has 0 saturated heterocycles. The summed E-state index contributed by atoms with van der Waals surface area (Å²) in [6.07, 6.45) is 1.90. The van der Waals surface area contributed by atoms with Gasteiger partial charge in [0.2, 0.25) is 0 Å². The molecule has 2 N–H and O–H groups in total. The highest BCUT2D eigenvalue weighted by Crippen LogP contribution is 2.24. The number of hydrogen-bond acceptors (Lipinski definition) is 2. The second kappa shape index (κ2) is 3.73. The molecule has 0 aliphatic carbocycles. The van der Waals surface area contributed by atoms with E-state index in [1.54, 1.807) is 0 Å². The Kier molecular flexibility index (Phi) is 2.42. The highest BCUT2D eigenvalue weighted by Gasteiger charge is 2.02. The smallest absolute Gasteiger partial charge is 0.0379 e. The van der Waals surface area contributed by atoms with Gasteiger partial charge in [-0.05, 0) is 48.7 Å². The number of anilines is 1. The Morgan fingerprint density at radius 3 is 2.67 bits per heavy atom. The van der Waals surface area contributed by atoms with E-state index in [-0.39, 0.29) is 0 Å². The van der Waals surface area contributed by atoms with Crippen LogP contribution in [0.4, 0.5) is 5.69 Å². The third-order valence-corrected chi connectivity index (χ3v) is 2.44. The predicted octanol–water partition coefficient (Wildman–Crippen LogP) is 2.95. The summed E-state index contributed by atoms with van der Waals surface area (Å²) < 4.78 is 0. The lowest BCUT2D eigenvalue weighted by Gasteiger charge is -2.07. The van der Waals surface area contributed by atoms with Crippen molar-refractivity contribution in [2.24, 2.45) is 0 Å². The Morgan fingerprint density at radius 1 is 1.13 bits per heavy atom. The molecule has 0 aliphatic rings. The average molecular weight is 198 g/mol. The van der Waals surface area contributed by atoms with E-state index >= 15 is 0 Å². The number of rotatable bonds is 1. The summed E-state index contributed by atoms with van der Waals surface area (Å²) in [5.74, 6) is 0. The minimum atomic E-state index is 0.793. The Balaban J connectivity index is 2.58. The molecular weight excluding hydrogens is 184 g/mol. The van der Waals surface area contributed by atoms with Crippen LogP contribution in [0.2, 0.25) is 0 Å². The van der Waals surface area contributed by atoms with Gasteiger partial charge in [0.15, 0.2) is 0 Å². The summed E-state index contributed by atoms with van der Waals surface area (Å²) in [6, 6.07) is 10.0. The molecule has 0 amide bonds. The largest absolute Gasteiger partial charge is 0.399 e. The normalized spacial score (nSPS) is 10.3. The van der Waals surface area contributed by atoms with E-state index in [2.05, 4.69) is 24.0 Å². The van der Waals surface area contributed by atoms with Crippen LogP contribution >= 0.6 is 0 Å². The SMILES string of the molecule is Cc1cc(-c2cccc(N)c2)c(C)cn1. The molecule has 0 aliphatic heterocycles. The number of benzene rings is 1. The highest BCUT2D eigenvalue weighted by molar-refractivity contribution is 5.70. The monoisotopic (exact) mass is 198 g/mol. The van der Waals surface area contributed by atoms with E-state index < -0.39 is 0 Å². The second-order valence-electron chi connectivity index (χ2n) is 3.77. The van der Waals surface area contributed by atoms with Crippen molar-refractivity contribution in [2.75, 3.05) is 5.73 Å². The van der Waals surface area contributed by atoms with Crippen LogP contribution in [0.3, 0.4) is 0 Å². The van der Waals surface area contributed by atoms with E-state index in [4.69, 9.17) is 5.73 Å². The number of hydrogen-bond donors (Lipinski definition) is 1. The molecule has 2 nitrogen and oxygen atoms in total. The van der Waals surface area contributed by atoms with Crippen molar-refractivity contribution < 1.29 is 0 Å². The molecule has 0 bridgehead atoms. The molecule has 2 aromatic rings. The zero-order valence-electron chi connectivity index (χ0n) is 8.99. The van der Waals surface area contributed by atoms with Crippen molar-refractivity contribution in [1.29, 1.82) is 0 Å². The predicted molar refractivity (Wildman–Crippen MR) is 63.6 cm³/mol. The van der Waals surface area contributed by atoms with Gasteiger partial charge in [0.25, 0.3) is 0 Å². The van der Waals surface area contributed by atoms with Gasteiger partial charge in [0, 0.05) is 17.6 Å². The Bertz CT molecular complexity index is 490. The van der Waals surface area contributed by atoms with E-state index in [0.29, 0.717) is 0 Å². The van der Waals surface area contributed by atoms with Gasteiger partial charge in [-0.1, -0.05) is 12.1 Å². The summed E-state index contributed by atoms with van der Waals surface area (Å²) >= 11 is 0. The van der Waals surface area contributed by atoms with Crippen molar-refractivity contribution in [3.8, 4) is 11.1 Å². The van der Waals surface area contributed by atoms with Crippen LogP contribution in [0.15, 0.2) is 36.5 Å². The lowest BCUT2D eigenvalue weighted by Crippen LogP contribution is -1.90. The molecule has 0 fully saturated rings. The van der Waals surface area contributed by atoms with E-state index in [0.717, 1.165) is 16.9 Å². The third kappa shape index (κ3) is 1.99. The number of pyridine rings is 1. The van der Waals surface area contributed by atoms with Gasteiger partial charge in [-0.2, -0.15) is 0 Å². The Hall–Kier alpha value is -1.83. The maximum Gasteiger partial charge on any atom is 0.0379 e. The molecule has 1 aromatic carbocycles. The van der Waals surface area contributed by atoms with Crippen LogP contribution in [0, 0.1) is 13.8 Å². The Labute approximate surface area is 89.8 Å². The van der Waals surface area contributed by atoms with Crippen LogP contribution in [0.5, 0.6) is 0 Å². The van der Waals surface area contributed by atoms with Crippen LogP contribution in [0.1, 0.15) is 11.3 Å². The third-order valence-electron chi connectivity index (χ3n) is 2.44. The lowest BCUT2D eigenvalue weighted by atomic mass is 10.0. The molecular formula is C13H14N2. The first-order valence-corrected chi connectivity index (χ1v) is 4.96. The molecule has 76 valence electrons. The van der Waals surface area contributed by atoms with E-state index in [1.807, 2.05) is 31.3 Å². The number of aryl methyl sites for hydroxylation is 2. The minimum Gasteiger partial charge on any atom is -0.399 e. The van der Waals surface area contributed by atoms with Crippen molar-refractivity contribution in [3.05, 3.63) is 47.8 Å². The molecule has 1 heterocycles. The van der Waals surface area contributed by atoms with Crippen LogP contribution in [-0.4, -0.2) is 4.98 Å². The van der Waals surface area contributed by atoms with Crippen molar-refractivity contribution in [1.82, 2.24) is 4.98 Å². The van der Waals surface area contributed by atoms with E-state index in [1.165, 1.54) is 11.1 Å². The summed E-state index contributed by atoms with van der Waals surface area (Å²) in [4.78, 5) is 4.26. The molecule has 2 heteroatoms. The van der Waals surface area contributed by atoms with Gasteiger partial charge in [-0.25, -0.2) is 0 Å². The van der Waals surface area contributed by atoms with Gasteiger partial charge < -0.3 is 5.73 Å². The highest BCUT2D eigenvalue weighted by atomic mass is 14.7. The molecule has 0 saturated carbocycles. The van der Waals surface area contributed by atoms with Gasteiger partial charge in [-0.15, -0.1) is 0 Å². The molecule has 0 atom stereocenters. The van der Waals surface area contributed by atoms with Crippen molar-refractivity contribution in [2.45, 2.75) is 13.8 Å². The zero-order chi connectivity index (χ0) is 10.8. The standard InChI is InChI=1S/C13H14N2/c1-9-8-15-10(2)6-13(9)11-4-3-5-12(14)7-11/h3-8H,14H2,1-2H3. The fourth-order valence-electron chi connectivity index (χ4n) is 1.65. The summed E-state index contributed by atoms with van der Waals surface area (Å²) in [6.45, 7) is 4.06. The molecule has 1 aromatic heterocycles. The molecule has 15 heavy (non-hydrogen) atoms. The average Bonchev–Trinajstić information content (AvgIpc) is 2.22. The van der Waals surface area contributed by atoms with Gasteiger partial charge in [-0.3, -0.25) is 4.98 Å². The van der Waals surface area contributed by atoms with E-state index in [9.17, 15) is 0 Å². The maximum atomic E-state index is 5.77. The molecule has 0 radical (unpaired) electrons. The fraction of sp³-hybridized carbons (Fsp3) is 0.154. The molecule has 0 spiro atoms. The van der Waals surface area contributed by atoms with Crippen LogP contribution in [0.25, 0.3) is 11.1 Å². The quantitative estimate of drug-likeness (QED) is 0.715. The van der Waals surface area contributed by atoms with Gasteiger partial charge in [0.05, 0.1) is 0 Å². The van der Waals surface area contributed by atoms with Gasteiger partial charge >= 0.3 is 0 Å². The lowest BCUT2D eigenvalue weighted by molar-refractivity contribution is 1.17. The van der Waals surface area contributed by atoms with Crippen molar-refractivity contribution >= 4 is 5.69 Å². The number of nitrogens with zero attached hydrogens (tertiary/aromatic N) is 1. The first-order chi connectivity index (χ1) is 7.16. The number of aromatic nitrogens is 1.